The SMILES string of the molecule is C/C(=C/CCCCCN=C(N)N)C[C@@H](C)[C@@H]1OC(=O)[C@@H](C)[C@@H](O)/C=C/[C@H](C)[C@@H](O)C[C@H](O)[C@@H](C)[C@@H](O)CC[C@H](C)[C@@H](O)C[C@]2(O)O[C@H](C[C@H](O)C[C@H](O)C[C@H](O)[C@@H](C)[C@H](O)/C(C)=C/CC[C@H]1C)C[C@@H](O)[C@@H]2O. The first kappa shape index (κ1) is 65.6. The van der Waals surface area contributed by atoms with Crippen molar-refractivity contribution < 1.29 is 75.5 Å². The van der Waals surface area contributed by atoms with E-state index in [1.807, 2.05) is 19.9 Å². The van der Waals surface area contributed by atoms with Gasteiger partial charge in [0.05, 0.1) is 73.1 Å². The number of allylic oxidation sites excluding steroid dienone is 3. The summed E-state index contributed by atoms with van der Waals surface area (Å²) in [6.45, 7) is 16.7. The summed E-state index contributed by atoms with van der Waals surface area (Å²) < 4.78 is 12.1. The number of ether oxygens (including phenoxy) is 2. The molecule has 0 saturated carbocycles. The topological polar surface area (TPSA) is 343 Å². The summed E-state index contributed by atoms with van der Waals surface area (Å²) in [5.74, 6) is -6.65. The molecular weight excluding hydrogens is 931 g/mol. The lowest BCUT2D eigenvalue weighted by atomic mass is 9.83. The summed E-state index contributed by atoms with van der Waals surface area (Å²) in [5, 5.41) is 133. The van der Waals surface area contributed by atoms with Crippen LogP contribution in [0.5, 0.6) is 0 Å². The lowest BCUT2D eigenvalue weighted by molar-refractivity contribution is -0.333. The van der Waals surface area contributed by atoms with Crippen LogP contribution < -0.4 is 11.5 Å². The normalized spacial score (nSPS) is 41.7. The van der Waals surface area contributed by atoms with Crippen LogP contribution in [0.1, 0.15) is 159 Å². The third-order valence-corrected chi connectivity index (χ3v) is 15.5. The van der Waals surface area contributed by atoms with Gasteiger partial charge in [-0.05, 0) is 115 Å². The third kappa shape index (κ3) is 22.3. The Morgan fingerprint density at radius 3 is 2.04 bits per heavy atom. The van der Waals surface area contributed by atoms with Gasteiger partial charge in [-0.25, -0.2) is 0 Å². The first-order valence-electron chi connectivity index (χ1n) is 26.7. The van der Waals surface area contributed by atoms with Gasteiger partial charge < -0.3 is 82.2 Å². The summed E-state index contributed by atoms with van der Waals surface area (Å²) in [6.07, 6.45) is -3.63. The summed E-state index contributed by atoms with van der Waals surface area (Å²) in [5.41, 5.74) is 12.6. The molecule has 1 fully saturated rings. The number of aliphatic hydroxyl groups is 12. The first-order chi connectivity index (χ1) is 33.6. The lowest BCUT2D eigenvalue weighted by Gasteiger charge is -2.45. The maximum absolute atomic E-state index is 13.8. The number of cyclic esters (lactones) is 1. The Bertz CT molecular complexity index is 1680. The molecule has 0 unspecified atom stereocenters. The van der Waals surface area contributed by atoms with E-state index in [1.165, 1.54) is 6.08 Å². The van der Waals surface area contributed by atoms with Crippen molar-refractivity contribution in [2.75, 3.05) is 6.54 Å². The van der Waals surface area contributed by atoms with E-state index in [0.717, 1.165) is 31.3 Å². The molecule has 1 saturated heterocycles. The van der Waals surface area contributed by atoms with Crippen molar-refractivity contribution in [1.82, 2.24) is 0 Å². The highest BCUT2D eigenvalue weighted by Gasteiger charge is 2.50. The minimum Gasteiger partial charge on any atom is -0.462 e. The van der Waals surface area contributed by atoms with Crippen LogP contribution >= 0.6 is 0 Å². The Morgan fingerprint density at radius 2 is 1.39 bits per heavy atom. The predicted octanol–water partition coefficient (Wildman–Crippen LogP) is 3.00. The van der Waals surface area contributed by atoms with Crippen molar-refractivity contribution in [2.45, 2.75) is 244 Å². The molecule has 16 N–H and O–H groups in total. The highest BCUT2D eigenvalue weighted by Crippen LogP contribution is 2.36. The van der Waals surface area contributed by atoms with Crippen molar-refractivity contribution in [3.63, 3.8) is 0 Å². The molecule has 0 aromatic heterocycles. The molecule has 0 aromatic rings. The minimum absolute atomic E-state index is 0.0808. The van der Waals surface area contributed by atoms with Gasteiger partial charge >= 0.3 is 5.97 Å². The Balaban J connectivity index is 2.37. The molecule has 2 heterocycles. The van der Waals surface area contributed by atoms with Gasteiger partial charge in [-0.1, -0.05) is 77.8 Å². The number of nitrogens with two attached hydrogens (primary N) is 2. The number of unbranched alkanes of at least 4 members (excludes halogenated alkanes) is 3. The number of aliphatic hydroxyl groups excluding tert-OH is 11. The monoisotopic (exact) mass is 1030 g/mol. The van der Waals surface area contributed by atoms with Gasteiger partial charge in [-0.3, -0.25) is 9.79 Å². The van der Waals surface area contributed by atoms with E-state index in [1.54, 1.807) is 47.6 Å². The van der Waals surface area contributed by atoms with Crippen LogP contribution in [0.3, 0.4) is 0 Å². The molecule has 420 valence electrons. The molecule has 2 bridgehead atoms. The van der Waals surface area contributed by atoms with Crippen molar-refractivity contribution in [3.05, 3.63) is 35.5 Å². The van der Waals surface area contributed by atoms with Gasteiger partial charge in [0.2, 0.25) is 0 Å². The number of carbonyl (C=O) groups is 1. The van der Waals surface area contributed by atoms with Gasteiger partial charge in [0.1, 0.15) is 12.2 Å². The molecule has 18 nitrogen and oxygen atoms in total. The van der Waals surface area contributed by atoms with E-state index in [9.17, 15) is 66.1 Å². The van der Waals surface area contributed by atoms with Crippen molar-refractivity contribution >= 4 is 11.9 Å². The smallest absolute Gasteiger partial charge is 0.311 e. The van der Waals surface area contributed by atoms with E-state index >= 15 is 0 Å². The molecule has 21 atom stereocenters. The number of guanidine groups is 1. The van der Waals surface area contributed by atoms with E-state index in [2.05, 4.69) is 18.0 Å². The Morgan fingerprint density at radius 1 is 0.750 bits per heavy atom. The summed E-state index contributed by atoms with van der Waals surface area (Å²) in [4.78, 5) is 17.8. The van der Waals surface area contributed by atoms with Gasteiger partial charge in [0.15, 0.2) is 11.7 Å². The lowest BCUT2D eigenvalue weighted by Crippen LogP contribution is -2.59. The van der Waals surface area contributed by atoms with Crippen molar-refractivity contribution in [2.24, 2.45) is 57.9 Å². The number of hydrogen-bond acceptors (Lipinski definition) is 16. The third-order valence-electron chi connectivity index (χ3n) is 15.5. The number of carbonyl (C=O) groups excluding carboxylic acids is 1. The Labute approximate surface area is 429 Å². The number of aliphatic imine (C=N–C) groups is 1. The van der Waals surface area contributed by atoms with Crippen LogP contribution in [0, 0.1) is 41.4 Å². The fourth-order valence-electron chi connectivity index (χ4n) is 9.98. The summed E-state index contributed by atoms with van der Waals surface area (Å²) >= 11 is 0. The number of esters is 1. The van der Waals surface area contributed by atoms with Gasteiger partial charge in [0.25, 0.3) is 0 Å². The molecular formula is C54H99N3O15. The zero-order chi connectivity index (χ0) is 54.6. The largest absolute Gasteiger partial charge is 0.462 e. The fraction of sp³-hybridized carbons (Fsp3) is 0.852. The average molecular weight is 1030 g/mol. The number of fused-ring (bicyclic) bond motifs is 2. The maximum Gasteiger partial charge on any atom is 0.311 e. The molecule has 2 aliphatic heterocycles. The van der Waals surface area contributed by atoms with Crippen LogP contribution in [0.4, 0.5) is 0 Å². The zero-order valence-electron chi connectivity index (χ0n) is 44.9. The van der Waals surface area contributed by atoms with Crippen LogP contribution in [0.25, 0.3) is 0 Å². The quantitative estimate of drug-likeness (QED) is 0.0519. The minimum atomic E-state index is -2.40. The number of nitrogens with zero attached hydrogens (tertiary/aromatic N) is 1. The van der Waals surface area contributed by atoms with E-state index in [0.29, 0.717) is 31.4 Å². The molecule has 0 spiro atoms. The van der Waals surface area contributed by atoms with Crippen LogP contribution in [-0.2, 0) is 14.3 Å². The Kier molecular flexibility index (Phi) is 29.2. The fourth-order valence-corrected chi connectivity index (χ4v) is 9.98. The maximum atomic E-state index is 13.8. The van der Waals surface area contributed by atoms with Crippen molar-refractivity contribution in [3.8, 4) is 0 Å². The number of rotatable bonds is 9. The van der Waals surface area contributed by atoms with Crippen LogP contribution in [-0.4, -0.2) is 165 Å². The summed E-state index contributed by atoms with van der Waals surface area (Å²) in [6, 6.07) is 0. The molecule has 2 aliphatic rings. The molecule has 2 rings (SSSR count). The second kappa shape index (κ2) is 32.1. The molecule has 0 radical (unpaired) electrons. The van der Waals surface area contributed by atoms with Gasteiger partial charge in [0, 0.05) is 43.6 Å². The van der Waals surface area contributed by atoms with E-state index < -0.39 is 127 Å². The van der Waals surface area contributed by atoms with E-state index in [4.69, 9.17) is 20.9 Å². The van der Waals surface area contributed by atoms with Gasteiger partial charge in [-0.15, -0.1) is 0 Å². The molecule has 0 amide bonds. The highest BCUT2D eigenvalue weighted by molar-refractivity contribution is 5.75. The predicted molar refractivity (Wildman–Crippen MR) is 277 cm³/mol. The molecule has 0 aliphatic carbocycles. The van der Waals surface area contributed by atoms with E-state index in [-0.39, 0.29) is 62.7 Å². The standard InChI is InChI=1S/C54H99N3O15/c1-30(15-12-10-11-13-22-57-53(55)56)23-35(6)50-34(5)17-14-16-33(4)49(67)37(8)45(63)26-40(59)24-39(58)25-41-27-47(65)51(68)54(70,72-41)29-48(66)32(3)19-20-42(60)36(7)46(64)28-44(62)31(2)18-21-43(61)38(9)52(69)71-50/h15-16,18,21,31-32,34-51,58-68,70H,10-14,17,19-20,22-29H2,1-9H3,(H4,55,56,57)/b21-18+,30-15-,33-16+/t31-,32-,34+,35+,36-,37+,38-,39+,40-,41+,42-,43-,44-,45-,46-,47+,48-,49+,50+,51-,54-/m0/s1. The summed E-state index contributed by atoms with van der Waals surface area (Å²) in [7, 11) is 0. The van der Waals surface area contributed by atoms with Crippen LogP contribution in [0.15, 0.2) is 40.4 Å². The van der Waals surface area contributed by atoms with Crippen molar-refractivity contribution in [1.29, 1.82) is 0 Å². The first-order valence-corrected chi connectivity index (χ1v) is 26.7. The second-order valence-electron chi connectivity index (χ2n) is 22.2. The Hall–Kier alpha value is -2.56. The molecule has 72 heavy (non-hydrogen) atoms. The second-order valence-corrected chi connectivity index (χ2v) is 22.2. The molecule has 0 aromatic carbocycles. The average Bonchev–Trinajstić information content (AvgIpc) is 3.30. The van der Waals surface area contributed by atoms with Gasteiger partial charge in [-0.2, -0.15) is 0 Å². The zero-order valence-corrected chi connectivity index (χ0v) is 44.9. The highest BCUT2D eigenvalue weighted by atomic mass is 16.7. The number of hydrogen-bond donors (Lipinski definition) is 14. The molecule has 18 heteroatoms. The van der Waals surface area contributed by atoms with Crippen LogP contribution in [0.2, 0.25) is 0 Å².